The van der Waals surface area contributed by atoms with Crippen LogP contribution in [0.25, 0.3) is 10.9 Å². The van der Waals surface area contributed by atoms with Crippen LogP contribution in [0.2, 0.25) is 0 Å². The van der Waals surface area contributed by atoms with Crippen molar-refractivity contribution in [2.24, 2.45) is 7.05 Å². The average Bonchev–Trinajstić information content (AvgIpc) is 2.83. The lowest BCUT2D eigenvalue weighted by Crippen LogP contribution is -2.59. The smallest absolute Gasteiger partial charge is 0.373 e. The number of hydrogen-bond acceptors (Lipinski definition) is 2. The summed E-state index contributed by atoms with van der Waals surface area (Å²) in [7, 11) is 0.599. The number of hydrogen-bond donors (Lipinski definition) is 2. The highest BCUT2D eigenvalue weighted by Gasteiger charge is 2.75. The van der Waals surface area contributed by atoms with E-state index < -0.39 is 64.5 Å². The van der Waals surface area contributed by atoms with Gasteiger partial charge >= 0.3 is 24.7 Å². The molecule has 176 valence electrons. The van der Waals surface area contributed by atoms with E-state index in [4.69, 9.17) is 0 Å². The lowest BCUT2D eigenvalue weighted by atomic mass is 9.85. The van der Waals surface area contributed by atoms with E-state index in [1.54, 1.807) is 0 Å². The first-order chi connectivity index (χ1) is 13.6. The van der Waals surface area contributed by atoms with Crippen molar-refractivity contribution >= 4 is 10.9 Å². The summed E-state index contributed by atoms with van der Waals surface area (Å²) >= 11 is 0. The minimum atomic E-state index is -6.60. The second-order valence-electron chi connectivity index (χ2n) is 6.64. The van der Waals surface area contributed by atoms with Crippen LogP contribution < -0.4 is 0 Å². The Morgan fingerprint density at radius 1 is 0.710 bits per heavy atom. The molecule has 0 aliphatic rings. The Balaban J connectivity index is 3.04. The third-order valence-electron chi connectivity index (χ3n) is 4.77. The molecule has 2 aromatic rings. The molecule has 0 aliphatic heterocycles. The molecule has 0 unspecified atom stereocenters. The molecule has 0 atom stereocenters. The second kappa shape index (κ2) is 6.92. The SMILES string of the molecule is Cn1c(CC(O)(C(F)(F)F)C(F)(F)F)c(C(O)(C(F)(F)F)C(F)(F)F)c2ccccc21. The van der Waals surface area contributed by atoms with Crippen LogP contribution in [0, 0.1) is 0 Å². The van der Waals surface area contributed by atoms with Gasteiger partial charge in [0, 0.05) is 35.6 Å². The largest absolute Gasteiger partial charge is 0.430 e. The van der Waals surface area contributed by atoms with Gasteiger partial charge in [0.05, 0.1) is 0 Å². The zero-order valence-corrected chi connectivity index (χ0v) is 14.9. The summed E-state index contributed by atoms with van der Waals surface area (Å²) < 4.78 is 159. The number of para-hydroxylation sites is 1. The van der Waals surface area contributed by atoms with E-state index in [-0.39, 0.29) is 4.57 Å². The van der Waals surface area contributed by atoms with Crippen LogP contribution in [-0.4, -0.2) is 45.1 Å². The molecule has 1 aromatic carbocycles. The molecule has 0 bridgehead atoms. The minimum Gasteiger partial charge on any atom is -0.373 e. The maximum atomic E-state index is 13.4. The normalized spacial score (nSPS) is 15.1. The second-order valence-corrected chi connectivity index (χ2v) is 6.64. The van der Waals surface area contributed by atoms with Gasteiger partial charge in [0.2, 0.25) is 0 Å². The van der Waals surface area contributed by atoms with Crippen molar-refractivity contribution < 1.29 is 62.9 Å². The Morgan fingerprint density at radius 2 is 1.13 bits per heavy atom. The number of rotatable bonds is 3. The van der Waals surface area contributed by atoms with Crippen LogP contribution in [0.1, 0.15) is 11.3 Å². The third kappa shape index (κ3) is 3.60. The Bertz CT molecular complexity index is 936. The highest BCUT2D eigenvalue weighted by molar-refractivity contribution is 5.87. The number of halogens is 12. The van der Waals surface area contributed by atoms with Crippen molar-refractivity contribution in [3.8, 4) is 0 Å². The summed E-state index contributed by atoms with van der Waals surface area (Å²) in [5, 5.41) is 18.0. The van der Waals surface area contributed by atoms with Crippen molar-refractivity contribution in [1.29, 1.82) is 0 Å². The van der Waals surface area contributed by atoms with Crippen LogP contribution >= 0.6 is 0 Å². The average molecular weight is 477 g/mol. The molecule has 0 amide bonds. The van der Waals surface area contributed by atoms with Gasteiger partial charge in [-0.05, 0) is 6.07 Å². The lowest BCUT2D eigenvalue weighted by molar-refractivity contribution is -0.377. The van der Waals surface area contributed by atoms with E-state index in [0.29, 0.717) is 13.1 Å². The first-order valence-corrected chi connectivity index (χ1v) is 7.89. The van der Waals surface area contributed by atoms with Gasteiger partial charge in [0.1, 0.15) is 0 Å². The van der Waals surface area contributed by atoms with E-state index in [9.17, 15) is 62.9 Å². The predicted molar refractivity (Wildman–Crippen MR) is 79.7 cm³/mol. The van der Waals surface area contributed by atoms with Crippen LogP contribution in [0.15, 0.2) is 24.3 Å². The Kier molecular flexibility index (Phi) is 5.60. The predicted octanol–water partition coefficient (Wildman–Crippen LogP) is 4.89. The number of aliphatic hydroxyl groups is 2. The topological polar surface area (TPSA) is 45.4 Å². The Labute approximate surface area is 164 Å². The standard InChI is InChI=1S/C16H11F12NO2/c1-29-8-5-3-2-4-7(8)10(12(31,15(23,24)25)16(26,27)28)9(29)6-11(30,13(17,18)19)14(20,21)22/h2-5,30-31H,6H2,1H3. The number of aryl methyl sites for hydroxylation is 1. The van der Waals surface area contributed by atoms with Crippen LogP contribution in [0.3, 0.4) is 0 Å². The van der Waals surface area contributed by atoms with E-state index in [0.717, 1.165) is 18.2 Å². The molecule has 0 fully saturated rings. The molecule has 15 heteroatoms. The highest BCUT2D eigenvalue weighted by atomic mass is 19.4. The summed E-state index contributed by atoms with van der Waals surface area (Å²) in [6.45, 7) is 0. The van der Waals surface area contributed by atoms with Gasteiger partial charge < -0.3 is 14.8 Å². The number of benzene rings is 1. The van der Waals surface area contributed by atoms with Crippen molar-refractivity contribution in [2.75, 3.05) is 0 Å². The lowest BCUT2D eigenvalue weighted by Gasteiger charge is -2.36. The molecule has 1 heterocycles. The van der Waals surface area contributed by atoms with Crippen molar-refractivity contribution in [3.05, 3.63) is 35.5 Å². The number of nitrogens with zero attached hydrogens (tertiary/aromatic N) is 1. The molecule has 2 N–H and O–H groups in total. The van der Waals surface area contributed by atoms with Gasteiger partial charge in [-0.3, -0.25) is 0 Å². The maximum Gasteiger partial charge on any atom is 0.430 e. The molecule has 0 radical (unpaired) electrons. The van der Waals surface area contributed by atoms with Gasteiger partial charge in [-0.1, -0.05) is 18.2 Å². The summed E-state index contributed by atoms with van der Waals surface area (Å²) in [4.78, 5) is 0. The van der Waals surface area contributed by atoms with Gasteiger partial charge in [0.15, 0.2) is 0 Å². The zero-order valence-electron chi connectivity index (χ0n) is 14.9. The van der Waals surface area contributed by atoms with E-state index >= 15 is 0 Å². The summed E-state index contributed by atoms with van der Waals surface area (Å²) in [5.74, 6) is 0. The Morgan fingerprint density at radius 3 is 1.52 bits per heavy atom. The molecule has 1 aromatic heterocycles. The fourth-order valence-electron chi connectivity index (χ4n) is 3.10. The molecule has 0 spiro atoms. The first-order valence-electron chi connectivity index (χ1n) is 7.89. The fraction of sp³-hybridized carbons (Fsp3) is 0.500. The molecule has 0 saturated heterocycles. The minimum absolute atomic E-state index is 0.190. The van der Waals surface area contributed by atoms with Crippen LogP contribution in [0.5, 0.6) is 0 Å². The van der Waals surface area contributed by atoms with E-state index in [1.165, 1.54) is 0 Å². The number of aromatic nitrogens is 1. The van der Waals surface area contributed by atoms with E-state index in [1.807, 2.05) is 0 Å². The molecule has 31 heavy (non-hydrogen) atoms. The molecule has 3 nitrogen and oxygen atoms in total. The zero-order chi connectivity index (χ0) is 24.4. The summed E-state index contributed by atoms with van der Waals surface area (Å²) in [6.07, 6.45) is -29.0. The van der Waals surface area contributed by atoms with E-state index in [2.05, 4.69) is 0 Å². The van der Waals surface area contributed by atoms with Crippen molar-refractivity contribution in [1.82, 2.24) is 4.57 Å². The molecule has 0 aliphatic carbocycles. The number of fused-ring (bicyclic) bond motifs is 1. The van der Waals surface area contributed by atoms with Gasteiger partial charge in [-0.2, -0.15) is 52.7 Å². The van der Waals surface area contributed by atoms with Gasteiger partial charge in [-0.15, -0.1) is 0 Å². The van der Waals surface area contributed by atoms with Crippen LogP contribution in [0.4, 0.5) is 52.7 Å². The monoisotopic (exact) mass is 477 g/mol. The molecular weight excluding hydrogens is 466 g/mol. The summed E-state index contributed by atoms with van der Waals surface area (Å²) in [6, 6.07) is 3.27. The van der Waals surface area contributed by atoms with Crippen LogP contribution in [-0.2, 0) is 19.1 Å². The first kappa shape index (κ1) is 25.1. The van der Waals surface area contributed by atoms with Crippen molar-refractivity contribution in [3.63, 3.8) is 0 Å². The van der Waals surface area contributed by atoms with Gasteiger partial charge in [0.25, 0.3) is 11.2 Å². The molecule has 2 rings (SSSR count). The fourth-order valence-corrected chi connectivity index (χ4v) is 3.10. The maximum absolute atomic E-state index is 13.4. The molecular formula is C16H11F12NO2. The summed E-state index contributed by atoms with van der Waals surface area (Å²) in [5.41, 5.74) is -16.4. The van der Waals surface area contributed by atoms with Gasteiger partial charge in [-0.25, -0.2) is 0 Å². The molecule has 0 saturated carbocycles. The van der Waals surface area contributed by atoms with Crippen molar-refractivity contribution in [2.45, 2.75) is 42.3 Å². The Hall–Kier alpha value is -2.16. The third-order valence-corrected chi connectivity index (χ3v) is 4.77. The quantitative estimate of drug-likeness (QED) is 0.619. The number of alkyl halides is 12. The highest BCUT2D eigenvalue weighted by Crippen LogP contribution is 2.55.